The predicted octanol–water partition coefficient (Wildman–Crippen LogP) is 0.858. The van der Waals surface area contributed by atoms with Crippen molar-refractivity contribution in [3.05, 3.63) is 48.0 Å². The van der Waals surface area contributed by atoms with Crippen LogP contribution in [-0.4, -0.2) is 91.3 Å². The molecule has 2 aromatic rings. The summed E-state index contributed by atoms with van der Waals surface area (Å²) in [5.74, 6) is 0.520. The van der Waals surface area contributed by atoms with Crippen molar-refractivity contribution in [3.63, 3.8) is 0 Å². The van der Waals surface area contributed by atoms with Crippen molar-refractivity contribution < 1.29 is 37.0 Å². The average molecular weight is 535 g/mol. The number of methoxy groups -OCH3 is 2. The van der Waals surface area contributed by atoms with Gasteiger partial charge < -0.3 is 23.8 Å². The van der Waals surface area contributed by atoms with E-state index in [1.165, 1.54) is 32.6 Å². The number of benzene rings is 2. The first-order valence-corrected chi connectivity index (χ1v) is 13.2. The number of amides is 2. The van der Waals surface area contributed by atoms with Gasteiger partial charge in [0.2, 0.25) is 10.0 Å². The molecule has 13 heteroatoms. The van der Waals surface area contributed by atoms with Crippen LogP contribution in [0.1, 0.15) is 5.56 Å². The van der Waals surface area contributed by atoms with Crippen molar-refractivity contribution in [2.45, 2.75) is 0 Å². The summed E-state index contributed by atoms with van der Waals surface area (Å²) < 4.78 is 46.8. The number of nitrogens with zero attached hydrogens (tertiary/aromatic N) is 3. The molecule has 3 rings (SSSR count). The average Bonchev–Trinajstić information content (AvgIpc) is 2.90. The fourth-order valence-corrected chi connectivity index (χ4v) is 4.27. The standard InChI is InChI=1S/C24H30N4O8S/c1-33-21-9-6-19(14-22(21)34-2)28(37(3,31)32)16-23(29)26-25-15-18-4-7-20(8-5-18)36-17-24(30)27-10-12-35-13-11-27/h4-9,14-15H,10-13,16-17H2,1-3H3,(H,26,29)/b25-15-. The topological polar surface area (TPSA) is 136 Å². The Kier molecular flexibility index (Phi) is 9.69. The highest BCUT2D eigenvalue weighted by Gasteiger charge is 2.22. The lowest BCUT2D eigenvalue weighted by atomic mass is 10.2. The molecule has 12 nitrogen and oxygen atoms in total. The molecule has 0 aliphatic carbocycles. The number of sulfonamides is 1. The van der Waals surface area contributed by atoms with Crippen LogP contribution in [0.15, 0.2) is 47.6 Å². The van der Waals surface area contributed by atoms with Crippen LogP contribution >= 0.6 is 0 Å². The molecule has 0 bridgehead atoms. The summed E-state index contributed by atoms with van der Waals surface area (Å²) in [6.45, 7) is 1.60. The fraction of sp³-hybridized carbons (Fsp3) is 0.375. The van der Waals surface area contributed by atoms with E-state index in [1.807, 2.05) is 0 Å². The van der Waals surface area contributed by atoms with Crippen LogP contribution < -0.4 is 23.9 Å². The Morgan fingerprint density at radius 1 is 1.08 bits per heavy atom. The van der Waals surface area contributed by atoms with Gasteiger partial charge in [-0.2, -0.15) is 5.10 Å². The molecule has 0 aromatic heterocycles. The second-order valence-electron chi connectivity index (χ2n) is 7.95. The van der Waals surface area contributed by atoms with Gasteiger partial charge in [0, 0.05) is 19.2 Å². The number of carbonyl (C=O) groups is 2. The minimum Gasteiger partial charge on any atom is -0.493 e. The van der Waals surface area contributed by atoms with E-state index in [9.17, 15) is 18.0 Å². The van der Waals surface area contributed by atoms with Gasteiger partial charge in [-0.15, -0.1) is 0 Å². The quantitative estimate of drug-likeness (QED) is 0.331. The molecule has 0 unspecified atom stereocenters. The number of ether oxygens (including phenoxy) is 4. The van der Waals surface area contributed by atoms with Crippen molar-refractivity contribution in [1.82, 2.24) is 10.3 Å². The first kappa shape index (κ1) is 27.7. The molecule has 1 fully saturated rings. The molecular formula is C24H30N4O8S. The first-order valence-electron chi connectivity index (χ1n) is 11.3. The normalized spacial score (nSPS) is 13.8. The molecular weight excluding hydrogens is 504 g/mol. The lowest BCUT2D eigenvalue weighted by Gasteiger charge is -2.26. The molecule has 0 spiro atoms. The highest BCUT2D eigenvalue weighted by molar-refractivity contribution is 7.92. The minimum atomic E-state index is -3.78. The number of anilines is 1. The van der Waals surface area contributed by atoms with Gasteiger partial charge in [-0.25, -0.2) is 13.8 Å². The van der Waals surface area contributed by atoms with Crippen molar-refractivity contribution in [2.75, 3.05) is 64.2 Å². The van der Waals surface area contributed by atoms with Gasteiger partial charge in [0.05, 0.1) is 45.6 Å². The number of morpholine rings is 1. The molecule has 200 valence electrons. The van der Waals surface area contributed by atoms with E-state index >= 15 is 0 Å². The number of rotatable bonds is 11. The van der Waals surface area contributed by atoms with Crippen LogP contribution in [0.5, 0.6) is 17.2 Å². The van der Waals surface area contributed by atoms with E-state index in [4.69, 9.17) is 18.9 Å². The molecule has 37 heavy (non-hydrogen) atoms. The van der Waals surface area contributed by atoms with Crippen LogP contribution in [0.4, 0.5) is 5.69 Å². The van der Waals surface area contributed by atoms with E-state index < -0.39 is 22.5 Å². The molecule has 0 atom stereocenters. The van der Waals surface area contributed by atoms with Crippen LogP contribution in [0.2, 0.25) is 0 Å². The van der Waals surface area contributed by atoms with Crippen LogP contribution in [0.25, 0.3) is 0 Å². The third-order valence-corrected chi connectivity index (χ3v) is 6.49. The maximum absolute atomic E-state index is 12.4. The van der Waals surface area contributed by atoms with Crippen LogP contribution in [0.3, 0.4) is 0 Å². The zero-order valence-corrected chi connectivity index (χ0v) is 21.7. The number of carbonyl (C=O) groups excluding carboxylic acids is 2. The summed E-state index contributed by atoms with van der Waals surface area (Å²) in [5, 5.41) is 3.89. The largest absolute Gasteiger partial charge is 0.493 e. The van der Waals surface area contributed by atoms with Crippen molar-refractivity contribution in [2.24, 2.45) is 5.10 Å². The SMILES string of the molecule is COc1ccc(N(CC(=O)N/N=C\c2ccc(OCC(=O)N3CCOCC3)cc2)S(C)(=O)=O)cc1OC. The smallest absolute Gasteiger partial charge is 0.260 e. The summed E-state index contributed by atoms with van der Waals surface area (Å²) in [5.41, 5.74) is 3.22. The Morgan fingerprint density at radius 2 is 1.76 bits per heavy atom. The summed E-state index contributed by atoms with van der Waals surface area (Å²) in [4.78, 5) is 26.3. The highest BCUT2D eigenvalue weighted by Crippen LogP contribution is 2.32. The van der Waals surface area contributed by atoms with E-state index in [0.29, 0.717) is 49.1 Å². The van der Waals surface area contributed by atoms with Gasteiger partial charge in [0.25, 0.3) is 11.8 Å². The van der Waals surface area contributed by atoms with Gasteiger partial charge >= 0.3 is 0 Å². The van der Waals surface area contributed by atoms with E-state index in [1.54, 1.807) is 35.2 Å². The number of hydrogen-bond acceptors (Lipinski definition) is 9. The third-order valence-electron chi connectivity index (χ3n) is 5.35. The third kappa shape index (κ3) is 8.08. The van der Waals surface area contributed by atoms with Crippen LogP contribution in [-0.2, 0) is 24.3 Å². The van der Waals surface area contributed by atoms with Crippen LogP contribution in [0, 0.1) is 0 Å². The predicted molar refractivity (Wildman–Crippen MR) is 137 cm³/mol. The Hall–Kier alpha value is -3.84. The second-order valence-corrected chi connectivity index (χ2v) is 9.86. The second kappa shape index (κ2) is 12.9. The van der Waals surface area contributed by atoms with Gasteiger partial charge in [-0.1, -0.05) is 0 Å². The molecule has 0 saturated carbocycles. The molecule has 1 saturated heterocycles. The summed E-state index contributed by atoms with van der Waals surface area (Å²) >= 11 is 0. The Bertz CT molecular complexity index is 1210. The van der Waals surface area contributed by atoms with Gasteiger partial charge in [0.1, 0.15) is 12.3 Å². The summed E-state index contributed by atoms with van der Waals surface area (Å²) in [7, 11) is -0.890. The number of nitrogens with one attached hydrogen (secondary N) is 1. The van der Waals surface area contributed by atoms with Gasteiger partial charge in [-0.3, -0.25) is 13.9 Å². The van der Waals surface area contributed by atoms with Gasteiger partial charge in [-0.05, 0) is 42.0 Å². The number of hydrogen-bond donors (Lipinski definition) is 1. The molecule has 1 aliphatic rings. The first-order chi connectivity index (χ1) is 17.7. The molecule has 2 amide bonds. The molecule has 1 N–H and O–H groups in total. The number of hydrazone groups is 1. The summed E-state index contributed by atoms with van der Waals surface area (Å²) in [6.07, 6.45) is 2.40. The molecule has 1 heterocycles. The van der Waals surface area contributed by atoms with E-state index in [-0.39, 0.29) is 18.2 Å². The lowest BCUT2D eigenvalue weighted by Crippen LogP contribution is -2.42. The van der Waals surface area contributed by atoms with E-state index in [2.05, 4.69) is 10.5 Å². The monoisotopic (exact) mass is 534 g/mol. The summed E-state index contributed by atoms with van der Waals surface area (Å²) in [6, 6.07) is 11.3. The van der Waals surface area contributed by atoms with Crippen molar-refractivity contribution in [1.29, 1.82) is 0 Å². The Morgan fingerprint density at radius 3 is 2.38 bits per heavy atom. The molecule has 1 aliphatic heterocycles. The maximum Gasteiger partial charge on any atom is 0.260 e. The van der Waals surface area contributed by atoms with E-state index in [0.717, 1.165) is 10.6 Å². The van der Waals surface area contributed by atoms with Gasteiger partial charge in [0.15, 0.2) is 18.1 Å². The Balaban J connectivity index is 1.54. The molecule has 0 radical (unpaired) electrons. The highest BCUT2D eigenvalue weighted by atomic mass is 32.2. The zero-order chi connectivity index (χ0) is 26.8. The minimum absolute atomic E-state index is 0.0690. The van der Waals surface area contributed by atoms with Crippen molar-refractivity contribution >= 4 is 33.7 Å². The zero-order valence-electron chi connectivity index (χ0n) is 20.9. The lowest BCUT2D eigenvalue weighted by molar-refractivity contribution is -0.137. The maximum atomic E-state index is 12.4. The van der Waals surface area contributed by atoms with Crippen molar-refractivity contribution in [3.8, 4) is 17.2 Å². The molecule has 2 aromatic carbocycles. The Labute approximate surface area is 215 Å². The fourth-order valence-electron chi connectivity index (χ4n) is 3.42.